The molecule has 1 aromatic heterocycles. The molecule has 0 aliphatic carbocycles. The summed E-state index contributed by atoms with van der Waals surface area (Å²) < 4.78 is 20.0. The number of hydrogen-bond acceptors (Lipinski definition) is 3. The number of nitrogens with zero attached hydrogens (tertiary/aromatic N) is 1. The summed E-state index contributed by atoms with van der Waals surface area (Å²) in [4.78, 5) is 23.7. The number of halogens is 1. The fourth-order valence-corrected chi connectivity index (χ4v) is 2.69. The smallest absolute Gasteiger partial charge is 0.355 e. The molecule has 0 saturated heterocycles. The molecule has 0 fully saturated rings. The van der Waals surface area contributed by atoms with Crippen LogP contribution in [0.4, 0.5) is 4.39 Å². The van der Waals surface area contributed by atoms with Crippen molar-refractivity contribution in [3.05, 3.63) is 58.2 Å². The molecule has 1 N–H and O–H groups in total. The van der Waals surface area contributed by atoms with Crippen LogP contribution in [0.3, 0.4) is 0 Å². The van der Waals surface area contributed by atoms with Crippen molar-refractivity contribution >= 4 is 11.9 Å². The highest BCUT2D eigenvalue weighted by Gasteiger charge is 2.27. The van der Waals surface area contributed by atoms with Gasteiger partial charge in [0.05, 0.1) is 12.2 Å². The number of rotatable bonds is 5. The Morgan fingerprint density at radius 3 is 2.57 bits per heavy atom. The normalized spacial score (nSPS) is 10.6. The van der Waals surface area contributed by atoms with Gasteiger partial charge in [0, 0.05) is 12.2 Å². The molecule has 6 heteroatoms. The predicted octanol–water partition coefficient (Wildman–Crippen LogP) is 3.17. The average molecular weight is 319 g/mol. The number of carbonyl (C=O) groups is 2. The number of esters is 1. The maximum atomic E-state index is 13.4. The van der Waals surface area contributed by atoms with Crippen molar-refractivity contribution in [1.29, 1.82) is 0 Å². The van der Waals surface area contributed by atoms with Crippen LogP contribution in [-0.4, -0.2) is 28.2 Å². The van der Waals surface area contributed by atoms with Gasteiger partial charge in [0.2, 0.25) is 0 Å². The summed E-state index contributed by atoms with van der Waals surface area (Å²) in [5.41, 5.74) is 1.67. The van der Waals surface area contributed by atoms with E-state index in [-0.39, 0.29) is 30.2 Å². The van der Waals surface area contributed by atoms with E-state index in [9.17, 15) is 19.1 Å². The molecule has 5 nitrogen and oxygen atoms in total. The van der Waals surface area contributed by atoms with Gasteiger partial charge in [-0.25, -0.2) is 14.0 Å². The van der Waals surface area contributed by atoms with Crippen molar-refractivity contribution in [2.75, 3.05) is 6.61 Å². The number of carbonyl (C=O) groups excluding carboxylic acids is 1. The monoisotopic (exact) mass is 319 g/mol. The molecule has 0 bridgehead atoms. The molecular formula is C17H18FNO4. The topological polar surface area (TPSA) is 68.5 Å². The molecule has 1 heterocycles. The van der Waals surface area contributed by atoms with Crippen molar-refractivity contribution in [1.82, 2.24) is 4.57 Å². The van der Waals surface area contributed by atoms with Crippen molar-refractivity contribution in [2.24, 2.45) is 0 Å². The molecule has 0 amide bonds. The summed E-state index contributed by atoms with van der Waals surface area (Å²) in [6.07, 6.45) is 0. The van der Waals surface area contributed by atoms with Crippen LogP contribution in [0.2, 0.25) is 0 Å². The summed E-state index contributed by atoms with van der Waals surface area (Å²) in [7, 11) is 0. The van der Waals surface area contributed by atoms with Crippen LogP contribution in [0.25, 0.3) is 0 Å². The third-order valence-electron chi connectivity index (χ3n) is 3.68. The molecule has 0 radical (unpaired) electrons. The van der Waals surface area contributed by atoms with E-state index in [0.717, 1.165) is 0 Å². The summed E-state index contributed by atoms with van der Waals surface area (Å²) >= 11 is 0. The highest BCUT2D eigenvalue weighted by atomic mass is 19.1. The number of benzene rings is 1. The molecule has 0 spiro atoms. The number of hydrogen-bond donors (Lipinski definition) is 1. The van der Waals surface area contributed by atoms with Crippen molar-refractivity contribution in [3.63, 3.8) is 0 Å². The van der Waals surface area contributed by atoms with Crippen LogP contribution in [0.5, 0.6) is 0 Å². The van der Waals surface area contributed by atoms with Crippen molar-refractivity contribution in [2.45, 2.75) is 27.3 Å². The Bertz CT molecular complexity index is 764. The second kappa shape index (κ2) is 6.64. The van der Waals surface area contributed by atoms with E-state index >= 15 is 0 Å². The quantitative estimate of drug-likeness (QED) is 0.860. The average Bonchev–Trinajstić information content (AvgIpc) is 2.70. The SMILES string of the molecule is CCOC(=O)c1c(C)c(C(=O)O)c(C)n1Cc1cccc(F)c1. The van der Waals surface area contributed by atoms with Crippen LogP contribution >= 0.6 is 0 Å². The van der Waals surface area contributed by atoms with Gasteiger partial charge < -0.3 is 14.4 Å². The molecule has 0 saturated carbocycles. The van der Waals surface area contributed by atoms with E-state index in [0.29, 0.717) is 16.8 Å². The van der Waals surface area contributed by atoms with Gasteiger partial charge >= 0.3 is 11.9 Å². The molecule has 0 aliphatic rings. The van der Waals surface area contributed by atoms with Gasteiger partial charge in [-0.05, 0) is 44.0 Å². The zero-order valence-electron chi connectivity index (χ0n) is 13.2. The Labute approximate surface area is 133 Å². The van der Waals surface area contributed by atoms with Crippen molar-refractivity contribution < 1.29 is 23.8 Å². The lowest BCUT2D eigenvalue weighted by Gasteiger charge is -2.12. The van der Waals surface area contributed by atoms with Crippen LogP contribution in [0.1, 0.15) is 44.6 Å². The van der Waals surface area contributed by atoms with E-state index in [2.05, 4.69) is 0 Å². The number of ether oxygens (including phenoxy) is 1. The summed E-state index contributed by atoms with van der Waals surface area (Å²) in [5.74, 6) is -2.08. The number of carboxylic acids is 1. The second-order valence-electron chi connectivity index (χ2n) is 5.18. The lowest BCUT2D eigenvalue weighted by molar-refractivity contribution is 0.0513. The van der Waals surface area contributed by atoms with Crippen LogP contribution in [-0.2, 0) is 11.3 Å². The predicted molar refractivity (Wildman–Crippen MR) is 82.3 cm³/mol. The van der Waals surface area contributed by atoms with Gasteiger partial charge in [-0.15, -0.1) is 0 Å². The highest BCUT2D eigenvalue weighted by Crippen LogP contribution is 2.24. The zero-order valence-corrected chi connectivity index (χ0v) is 13.2. The fraction of sp³-hybridized carbons (Fsp3) is 0.294. The molecule has 2 rings (SSSR count). The first-order valence-corrected chi connectivity index (χ1v) is 7.21. The Morgan fingerprint density at radius 1 is 1.30 bits per heavy atom. The van der Waals surface area contributed by atoms with E-state index < -0.39 is 11.9 Å². The lowest BCUT2D eigenvalue weighted by atomic mass is 10.1. The van der Waals surface area contributed by atoms with Gasteiger partial charge in [0.25, 0.3) is 0 Å². The van der Waals surface area contributed by atoms with E-state index in [1.165, 1.54) is 12.1 Å². The Hall–Kier alpha value is -2.63. The Kier molecular flexibility index (Phi) is 4.83. The van der Waals surface area contributed by atoms with Gasteiger partial charge in [0.15, 0.2) is 0 Å². The number of carboxylic acid groups (broad SMARTS) is 1. The van der Waals surface area contributed by atoms with Gasteiger partial charge in [-0.2, -0.15) is 0 Å². The number of aromatic nitrogens is 1. The molecule has 23 heavy (non-hydrogen) atoms. The lowest BCUT2D eigenvalue weighted by Crippen LogP contribution is -2.15. The first-order valence-electron chi connectivity index (χ1n) is 7.21. The van der Waals surface area contributed by atoms with Crippen molar-refractivity contribution in [3.8, 4) is 0 Å². The highest BCUT2D eigenvalue weighted by molar-refractivity contribution is 5.98. The van der Waals surface area contributed by atoms with Crippen LogP contribution in [0.15, 0.2) is 24.3 Å². The minimum atomic E-state index is -1.11. The van der Waals surface area contributed by atoms with E-state index in [1.807, 2.05) is 0 Å². The number of aromatic carboxylic acids is 1. The van der Waals surface area contributed by atoms with Gasteiger partial charge in [-0.3, -0.25) is 0 Å². The minimum absolute atomic E-state index is 0.0736. The van der Waals surface area contributed by atoms with E-state index in [1.54, 1.807) is 37.5 Å². The van der Waals surface area contributed by atoms with Gasteiger partial charge in [0.1, 0.15) is 11.5 Å². The summed E-state index contributed by atoms with van der Waals surface area (Å²) in [6, 6.07) is 5.96. The fourth-order valence-electron chi connectivity index (χ4n) is 2.69. The molecule has 122 valence electrons. The van der Waals surface area contributed by atoms with Gasteiger partial charge in [-0.1, -0.05) is 12.1 Å². The second-order valence-corrected chi connectivity index (χ2v) is 5.18. The van der Waals surface area contributed by atoms with Crippen LogP contribution < -0.4 is 0 Å². The first-order chi connectivity index (χ1) is 10.9. The molecule has 2 aromatic rings. The van der Waals surface area contributed by atoms with E-state index in [4.69, 9.17) is 4.74 Å². The molecule has 0 atom stereocenters. The largest absolute Gasteiger partial charge is 0.478 e. The molecular weight excluding hydrogens is 301 g/mol. The summed E-state index contributed by atoms with van der Waals surface area (Å²) in [5, 5.41) is 9.38. The third-order valence-corrected chi connectivity index (χ3v) is 3.68. The Balaban J connectivity index is 2.58. The maximum Gasteiger partial charge on any atom is 0.355 e. The molecule has 1 aromatic carbocycles. The standard InChI is InChI=1S/C17H18FNO4/c1-4-23-17(22)15-10(2)14(16(20)21)11(3)19(15)9-12-6-5-7-13(18)8-12/h5-8H,4,9H2,1-3H3,(H,20,21). The van der Waals surface area contributed by atoms with Crippen LogP contribution in [0, 0.1) is 19.7 Å². The maximum absolute atomic E-state index is 13.4. The third kappa shape index (κ3) is 3.26. The molecule has 0 aliphatic heterocycles. The molecule has 0 unspecified atom stereocenters. The summed E-state index contributed by atoms with van der Waals surface area (Å²) in [6.45, 7) is 5.25. The Morgan fingerprint density at radius 2 is 2.00 bits per heavy atom. The minimum Gasteiger partial charge on any atom is -0.478 e. The first kappa shape index (κ1) is 16.7. The zero-order chi connectivity index (χ0) is 17.1.